The van der Waals surface area contributed by atoms with Crippen molar-refractivity contribution < 1.29 is 0 Å². The van der Waals surface area contributed by atoms with Crippen LogP contribution >= 0.6 is 0 Å². The van der Waals surface area contributed by atoms with E-state index in [4.69, 9.17) is 0 Å². The molecule has 0 bridgehead atoms. The van der Waals surface area contributed by atoms with E-state index >= 15 is 0 Å². The fourth-order valence-corrected chi connectivity index (χ4v) is 2.51. The normalized spacial score (nSPS) is 17.9. The number of hydrogen-bond donors (Lipinski definition) is 0. The number of unbranched alkanes of at least 4 members (excludes halogenated alkanes) is 2. The Kier molecular flexibility index (Phi) is 15.4. The van der Waals surface area contributed by atoms with Gasteiger partial charge in [0.1, 0.15) is 0 Å². The summed E-state index contributed by atoms with van der Waals surface area (Å²) in [6.45, 7) is 18.2. The van der Waals surface area contributed by atoms with Gasteiger partial charge in [-0.15, -0.1) is 0 Å². The van der Waals surface area contributed by atoms with Crippen molar-refractivity contribution in [1.82, 2.24) is 9.80 Å². The number of nitrogens with zero attached hydrogens (tertiary/aromatic N) is 2. The van der Waals surface area contributed by atoms with Crippen molar-refractivity contribution in [1.29, 1.82) is 0 Å². The fourth-order valence-electron chi connectivity index (χ4n) is 2.51. The van der Waals surface area contributed by atoms with Crippen LogP contribution in [-0.4, -0.2) is 50.1 Å². The van der Waals surface area contributed by atoms with E-state index in [-0.39, 0.29) is 0 Å². The van der Waals surface area contributed by atoms with E-state index < -0.39 is 0 Å². The molecule has 1 aliphatic rings. The Morgan fingerprint density at radius 1 is 1.10 bits per heavy atom. The van der Waals surface area contributed by atoms with Gasteiger partial charge in [0, 0.05) is 6.54 Å². The number of rotatable bonds is 5. The molecule has 1 rings (SSSR count). The molecule has 0 atom stereocenters. The quantitative estimate of drug-likeness (QED) is 0.664. The van der Waals surface area contributed by atoms with Gasteiger partial charge in [0.05, 0.1) is 0 Å². The van der Waals surface area contributed by atoms with E-state index in [0.717, 1.165) is 0 Å². The van der Waals surface area contributed by atoms with Crippen LogP contribution in [0.5, 0.6) is 0 Å². The number of likely N-dealkylation sites (tertiary alicyclic amines) is 1. The Labute approximate surface area is 129 Å². The van der Waals surface area contributed by atoms with Crippen molar-refractivity contribution >= 4 is 0 Å². The van der Waals surface area contributed by atoms with Crippen LogP contribution in [0.1, 0.15) is 73.6 Å². The van der Waals surface area contributed by atoms with Crippen molar-refractivity contribution in [2.45, 2.75) is 73.6 Å². The highest BCUT2D eigenvalue weighted by Crippen LogP contribution is 2.26. The molecule has 1 aliphatic heterocycles. The van der Waals surface area contributed by atoms with Gasteiger partial charge in [-0.2, -0.15) is 0 Å². The summed E-state index contributed by atoms with van der Waals surface area (Å²) in [5, 5.41) is 0. The summed E-state index contributed by atoms with van der Waals surface area (Å²) in [5.74, 6) is 0. The summed E-state index contributed by atoms with van der Waals surface area (Å²) in [5.41, 5.74) is 0.576. The summed E-state index contributed by atoms with van der Waals surface area (Å²) >= 11 is 0. The zero-order valence-corrected chi connectivity index (χ0v) is 15.8. The molecule has 0 aliphatic carbocycles. The minimum absolute atomic E-state index is 0.576. The molecule has 124 valence electrons. The Balaban J connectivity index is 0. The summed E-state index contributed by atoms with van der Waals surface area (Å²) in [6.07, 6.45) is 6.85. The first-order valence-corrected chi connectivity index (χ1v) is 8.78. The summed E-state index contributed by atoms with van der Waals surface area (Å²) in [7, 11) is 4.39. The van der Waals surface area contributed by atoms with Crippen molar-refractivity contribution in [2.75, 3.05) is 40.3 Å². The van der Waals surface area contributed by atoms with Crippen LogP contribution < -0.4 is 0 Å². The third kappa shape index (κ3) is 14.3. The van der Waals surface area contributed by atoms with Gasteiger partial charge in [-0.3, -0.25) is 0 Å². The first kappa shape index (κ1) is 22.2. The van der Waals surface area contributed by atoms with Crippen LogP contribution in [0.25, 0.3) is 0 Å². The SMILES string of the molecule is CC.CCCCCN(C)CC.CN1CCCC(C)(C)C1. The highest BCUT2D eigenvalue weighted by Gasteiger charge is 2.23. The van der Waals surface area contributed by atoms with Gasteiger partial charge >= 0.3 is 0 Å². The Bertz CT molecular complexity index is 190. The molecule has 0 spiro atoms. The molecule has 0 N–H and O–H groups in total. The molecular formula is C18H42N2. The van der Waals surface area contributed by atoms with Crippen molar-refractivity contribution in [2.24, 2.45) is 5.41 Å². The van der Waals surface area contributed by atoms with Crippen LogP contribution in [-0.2, 0) is 0 Å². The van der Waals surface area contributed by atoms with Gasteiger partial charge in [0.15, 0.2) is 0 Å². The van der Waals surface area contributed by atoms with Gasteiger partial charge < -0.3 is 9.80 Å². The lowest BCUT2D eigenvalue weighted by Gasteiger charge is -2.35. The molecule has 1 heterocycles. The second kappa shape index (κ2) is 13.9. The molecule has 0 aromatic heterocycles. The first-order valence-electron chi connectivity index (χ1n) is 8.78. The van der Waals surface area contributed by atoms with E-state index in [1.807, 2.05) is 13.8 Å². The zero-order valence-electron chi connectivity index (χ0n) is 15.8. The number of piperidine rings is 1. The Hall–Kier alpha value is -0.0800. The monoisotopic (exact) mass is 286 g/mol. The third-order valence-corrected chi connectivity index (χ3v) is 3.77. The molecule has 1 fully saturated rings. The van der Waals surface area contributed by atoms with Gasteiger partial charge in [0.25, 0.3) is 0 Å². The first-order chi connectivity index (χ1) is 9.41. The van der Waals surface area contributed by atoms with Gasteiger partial charge in [0.2, 0.25) is 0 Å². The molecule has 2 nitrogen and oxygen atoms in total. The summed E-state index contributed by atoms with van der Waals surface area (Å²) < 4.78 is 0. The summed E-state index contributed by atoms with van der Waals surface area (Å²) in [4.78, 5) is 4.78. The molecule has 0 radical (unpaired) electrons. The molecule has 2 heteroatoms. The Morgan fingerprint density at radius 3 is 2.05 bits per heavy atom. The average Bonchev–Trinajstić information content (AvgIpc) is 2.40. The van der Waals surface area contributed by atoms with E-state index in [0.29, 0.717) is 5.41 Å². The van der Waals surface area contributed by atoms with E-state index in [2.05, 4.69) is 51.6 Å². The molecule has 20 heavy (non-hydrogen) atoms. The Morgan fingerprint density at radius 2 is 1.70 bits per heavy atom. The van der Waals surface area contributed by atoms with Gasteiger partial charge in [-0.05, 0) is 58.4 Å². The second-order valence-electron chi connectivity index (χ2n) is 6.61. The topological polar surface area (TPSA) is 6.48 Å². The molecule has 0 amide bonds. The molecule has 0 aromatic rings. The predicted octanol–water partition coefficient (Wildman–Crippen LogP) is 4.89. The van der Waals surface area contributed by atoms with Crippen LogP contribution in [0.4, 0.5) is 0 Å². The van der Waals surface area contributed by atoms with Crippen LogP contribution in [0.15, 0.2) is 0 Å². The van der Waals surface area contributed by atoms with Crippen LogP contribution in [0.2, 0.25) is 0 Å². The molecule has 0 unspecified atom stereocenters. The molecule has 1 saturated heterocycles. The smallest absolute Gasteiger partial charge is 0.00296 e. The third-order valence-electron chi connectivity index (χ3n) is 3.77. The minimum atomic E-state index is 0.576. The van der Waals surface area contributed by atoms with Gasteiger partial charge in [-0.1, -0.05) is 54.4 Å². The maximum atomic E-state index is 2.42. The average molecular weight is 287 g/mol. The van der Waals surface area contributed by atoms with Crippen molar-refractivity contribution in [3.8, 4) is 0 Å². The van der Waals surface area contributed by atoms with Crippen LogP contribution in [0.3, 0.4) is 0 Å². The largest absolute Gasteiger partial charge is 0.307 e. The maximum absolute atomic E-state index is 2.42. The highest BCUT2D eigenvalue weighted by atomic mass is 15.1. The standard InChI is InChI=1S/C8H17N.C8H19N.C2H6/c1-8(2)5-4-6-9(3)7-8;1-4-6-7-8-9(3)5-2;1-2/h4-7H2,1-3H3;4-8H2,1-3H3;1-2H3. The highest BCUT2D eigenvalue weighted by molar-refractivity contribution is 4.77. The zero-order chi connectivity index (χ0) is 16.0. The number of hydrogen-bond acceptors (Lipinski definition) is 2. The van der Waals surface area contributed by atoms with E-state index in [1.165, 1.54) is 58.3 Å². The van der Waals surface area contributed by atoms with E-state index in [9.17, 15) is 0 Å². The van der Waals surface area contributed by atoms with Crippen molar-refractivity contribution in [3.05, 3.63) is 0 Å². The molecule has 0 saturated carbocycles. The van der Waals surface area contributed by atoms with Crippen LogP contribution in [0, 0.1) is 5.41 Å². The lowest BCUT2D eigenvalue weighted by Crippen LogP contribution is -2.37. The summed E-state index contributed by atoms with van der Waals surface area (Å²) in [6, 6.07) is 0. The van der Waals surface area contributed by atoms with Crippen molar-refractivity contribution in [3.63, 3.8) is 0 Å². The minimum Gasteiger partial charge on any atom is -0.307 e. The van der Waals surface area contributed by atoms with E-state index in [1.54, 1.807) is 0 Å². The lowest BCUT2D eigenvalue weighted by molar-refractivity contribution is 0.143. The lowest BCUT2D eigenvalue weighted by atomic mass is 9.84. The van der Waals surface area contributed by atoms with Gasteiger partial charge in [-0.25, -0.2) is 0 Å². The predicted molar refractivity (Wildman–Crippen MR) is 94.6 cm³/mol. The second-order valence-corrected chi connectivity index (χ2v) is 6.61. The molecule has 0 aromatic carbocycles. The molecular weight excluding hydrogens is 244 g/mol. The fraction of sp³-hybridized carbons (Fsp3) is 1.00. The maximum Gasteiger partial charge on any atom is 0.00296 e.